The zero-order valence-electron chi connectivity index (χ0n) is 11.9. The molecule has 0 aliphatic carbocycles. The van der Waals surface area contributed by atoms with Crippen molar-refractivity contribution in [3.8, 4) is 6.07 Å². The molecule has 0 bridgehead atoms. The zero-order valence-corrected chi connectivity index (χ0v) is 13.5. The number of nitrogens with one attached hydrogen (secondary N) is 2. The molecule has 0 atom stereocenters. The fourth-order valence-electron chi connectivity index (χ4n) is 2.26. The number of benzene rings is 1. The Kier molecular flexibility index (Phi) is 6.41. The van der Waals surface area contributed by atoms with Crippen LogP contribution in [0.2, 0.25) is 0 Å². The van der Waals surface area contributed by atoms with Crippen LogP contribution in [-0.4, -0.2) is 27.5 Å². The molecule has 1 fully saturated rings. The van der Waals surface area contributed by atoms with Crippen molar-refractivity contribution in [1.29, 1.82) is 5.26 Å². The summed E-state index contributed by atoms with van der Waals surface area (Å²) in [5.41, 5.74) is -1.85. The van der Waals surface area contributed by atoms with Crippen LogP contribution in [0.15, 0.2) is 23.1 Å². The van der Waals surface area contributed by atoms with Gasteiger partial charge in [-0.1, -0.05) is 0 Å². The number of piperidine rings is 1. The molecule has 1 heterocycles. The van der Waals surface area contributed by atoms with Crippen LogP contribution in [-0.2, 0) is 16.2 Å². The zero-order chi connectivity index (χ0) is 16.4. The van der Waals surface area contributed by atoms with Gasteiger partial charge in [-0.05, 0) is 44.1 Å². The third kappa shape index (κ3) is 4.81. The van der Waals surface area contributed by atoms with Crippen molar-refractivity contribution < 1.29 is 21.6 Å². The molecule has 0 radical (unpaired) electrons. The Morgan fingerprint density at radius 1 is 1.26 bits per heavy atom. The Hall–Kier alpha value is -1.34. The first kappa shape index (κ1) is 19.7. The predicted octanol–water partition coefficient (Wildman–Crippen LogP) is 2.03. The largest absolute Gasteiger partial charge is 0.417 e. The molecule has 0 amide bonds. The van der Waals surface area contributed by atoms with Gasteiger partial charge in [-0.3, -0.25) is 0 Å². The normalized spacial score (nSPS) is 16.4. The quantitative estimate of drug-likeness (QED) is 0.854. The maximum absolute atomic E-state index is 12.7. The molecule has 0 spiro atoms. The van der Waals surface area contributed by atoms with Crippen LogP contribution < -0.4 is 10.0 Å². The van der Waals surface area contributed by atoms with Crippen molar-refractivity contribution in [3.63, 3.8) is 0 Å². The van der Waals surface area contributed by atoms with Gasteiger partial charge in [0.1, 0.15) is 0 Å². The Morgan fingerprint density at radius 2 is 1.87 bits per heavy atom. The summed E-state index contributed by atoms with van der Waals surface area (Å²) in [6, 6.07) is 3.38. The summed E-state index contributed by atoms with van der Waals surface area (Å²) in [5.74, 6) is 0. The molecule has 5 nitrogen and oxygen atoms in total. The molecule has 10 heteroatoms. The highest BCUT2D eigenvalue weighted by molar-refractivity contribution is 7.89. The first-order valence-corrected chi connectivity index (χ1v) is 8.07. The Morgan fingerprint density at radius 3 is 2.39 bits per heavy atom. The first-order valence-electron chi connectivity index (χ1n) is 6.58. The Balaban J connectivity index is 0.00000264. The van der Waals surface area contributed by atoms with E-state index in [0.29, 0.717) is 32.0 Å². The van der Waals surface area contributed by atoms with E-state index in [9.17, 15) is 21.6 Å². The molecule has 2 rings (SSSR count). The van der Waals surface area contributed by atoms with Gasteiger partial charge >= 0.3 is 6.18 Å². The van der Waals surface area contributed by atoms with Crippen molar-refractivity contribution >= 4 is 22.4 Å². The summed E-state index contributed by atoms with van der Waals surface area (Å²) in [7, 11) is -3.95. The van der Waals surface area contributed by atoms with E-state index in [1.807, 2.05) is 0 Å². The van der Waals surface area contributed by atoms with Crippen molar-refractivity contribution in [2.24, 2.45) is 0 Å². The lowest BCUT2D eigenvalue weighted by Gasteiger charge is -2.23. The summed E-state index contributed by atoms with van der Waals surface area (Å²) >= 11 is 0. The number of hydrogen-bond acceptors (Lipinski definition) is 4. The van der Waals surface area contributed by atoms with Crippen molar-refractivity contribution in [1.82, 2.24) is 10.0 Å². The van der Waals surface area contributed by atoms with E-state index in [4.69, 9.17) is 5.26 Å². The van der Waals surface area contributed by atoms with Crippen molar-refractivity contribution in [3.05, 3.63) is 29.3 Å². The van der Waals surface area contributed by atoms with Gasteiger partial charge in [0.15, 0.2) is 0 Å². The third-order valence-electron chi connectivity index (χ3n) is 3.39. The van der Waals surface area contributed by atoms with E-state index >= 15 is 0 Å². The summed E-state index contributed by atoms with van der Waals surface area (Å²) < 4.78 is 65.0. The molecule has 1 saturated heterocycles. The second-order valence-electron chi connectivity index (χ2n) is 4.96. The molecule has 1 aliphatic heterocycles. The lowest BCUT2D eigenvalue weighted by atomic mass is 10.1. The number of alkyl halides is 3. The second kappa shape index (κ2) is 7.49. The fourth-order valence-corrected chi connectivity index (χ4v) is 3.59. The Bertz CT molecular complexity index is 695. The van der Waals surface area contributed by atoms with Crippen LogP contribution in [0.4, 0.5) is 13.2 Å². The summed E-state index contributed by atoms with van der Waals surface area (Å²) in [5, 5.41) is 11.9. The topological polar surface area (TPSA) is 82.0 Å². The first-order chi connectivity index (χ1) is 10.2. The molecule has 128 valence electrons. The van der Waals surface area contributed by atoms with Gasteiger partial charge in [0.2, 0.25) is 10.0 Å². The molecule has 0 unspecified atom stereocenters. The predicted molar refractivity (Wildman–Crippen MR) is 79.6 cm³/mol. The highest BCUT2D eigenvalue weighted by Gasteiger charge is 2.34. The van der Waals surface area contributed by atoms with Crippen LogP contribution in [0.5, 0.6) is 0 Å². The third-order valence-corrected chi connectivity index (χ3v) is 4.91. The van der Waals surface area contributed by atoms with E-state index < -0.39 is 27.3 Å². The second-order valence-corrected chi connectivity index (χ2v) is 6.68. The molecular weight excluding hydrogens is 355 g/mol. The van der Waals surface area contributed by atoms with Gasteiger partial charge in [-0.15, -0.1) is 12.4 Å². The van der Waals surface area contributed by atoms with Gasteiger partial charge in [-0.2, -0.15) is 18.4 Å². The van der Waals surface area contributed by atoms with Crippen molar-refractivity contribution in [2.45, 2.75) is 30.0 Å². The van der Waals surface area contributed by atoms with Gasteiger partial charge in [0.25, 0.3) is 0 Å². The maximum atomic E-state index is 12.7. The molecular formula is C13H15ClF3N3O2S. The Labute approximate surface area is 138 Å². The minimum absolute atomic E-state index is 0. The van der Waals surface area contributed by atoms with E-state index in [1.54, 1.807) is 0 Å². The van der Waals surface area contributed by atoms with Crippen LogP contribution in [0, 0.1) is 11.3 Å². The van der Waals surface area contributed by atoms with E-state index in [-0.39, 0.29) is 23.3 Å². The van der Waals surface area contributed by atoms with E-state index in [1.165, 1.54) is 6.07 Å². The van der Waals surface area contributed by atoms with Crippen LogP contribution >= 0.6 is 12.4 Å². The standard InChI is InChI=1S/C13H14F3N3O2S.ClH/c14-13(15,16)12-2-1-11(7-9(12)8-17)22(20,21)19-10-3-5-18-6-4-10;/h1-2,7,10,18-19H,3-6H2;1H. The lowest BCUT2D eigenvalue weighted by molar-refractivity contribution is -0.137. The average molecular weight is 370 g/mol. The minimum Gasteiger partial charge on any atom is -0.317 e. The number of hydrogen-bond donors (Lipinski definition) is 2. The highest BCUT2D eigenvalue weighted by Crippen LogP contribution is 2.32. The molecule has 0 aromatic heterocycles. The SMILES string of the molecule is Cl.N#Cc1cc(S(=O)(=O)NC2CCNCC2)ccc1C(F)(F)F. The molecule has 0 saturated carbocycles. The molecule has 23 heavy (non-hydrogen) atoms. The molecule has 2 N–H and O–H groups in total. The van der Waals surface area contributed by atoms with E-state index in [0.717, 1.165) is 12.1 Å². The average Bonchev–Trinajstić information content (AvgIpc) is 2.46. The lowest BCUT2D eigenvalue weighted by Crippen LogP contribution is -2.42. The van der Waals surface area contributed by atoms with E-state index in [2.05, 4.69) is 10.0 Å². The highest BCUT2D eigenvalue weighted by atomic mass is 35.5. The van der Waals surface area contributed by atoms with Gasteiger partial charge in [0, 0.05) is 6.04 Å². The number of sulfonamides is 1. The van der Waals surface area contributed by atoms with Crippen LogP contribution in [0.25, 0.3) is 0 Å². The number of rotatable bonds is 3. The number of nitriles is 1. The maximum Gasteiger partial charge on any atom is 0.417 e. The van der Waals surface area contributed by atoms with Crippen molar-refractivity contribution in [2.75, 3.05) is 13.1 Å². The van der Waals surface area contributed by atoms with Crippen LogP contribution in [0.3, 0.4) is 0 Å². The monoisotopic (exact) mass is 369 g/mol. The van der Waals surface area contributed by atoms with Crippen LogP contribution in [0.1, 0.15) is 24.0 Å². The van der Waals surface area contributed by atoms with Gasteiger partial charge in [0.05, 0.1) is 22.1 Å². The summed E-state index contributed by atoms with van der Waals surface area (Å²) in [6.07, 6.45) is -3.49. The number of halogens is 4. The molecule has 1 aromatic carbocycles. The minimum atomic E-state index is -4.70. The van der Waals surface area contributed by atoms with Gasteiger partial charge < -0.3 is 5.32 Å². The molecule has 1 aromatic rings. The van der Waals surface area contributed by atoms with Gasteiger partial charge in [-0.25, -0.2) is 13.1 Å². The summed E-state index contributed by atoms with van der Waals surface area (Å²) in [4.78, 5) is -0.337. The summed E-state index contributed by atoms with van der Waals surface area (Å²) in [6.45, 7) is 1.34. The number of nitrogens with zero attached hydrogens (tertiary/aromatic N) is 1. The fraction of sp³-hybridized carbons (Fsp3) is 0.462. The smallest absolute Gasteiger partial charge is 0.317 e. The molecule has 1 aliphatic rings.